The molecule has 0 bridgehead atoms. The number of aryl methyl sites for hydroxylation is 1. The van der Waals surface area contributed by atoms with Gasteiger partial charge in [0.15, 0.2) is 0 Å². The van der Waals surface area contributed by atoms with E-state index in [4.69, 9.17) is 0 Å². The minimum atomic E-state index is -0.198. The van der Waals surface area contributed by atoms with Crippen LogP contribution in [-0.2, 0) is 7.05 Å². The highest BCUT2D eigenvalue weighted by Gasteiger charge is 2.22. The molecule has 0 unspecified atom stereocenters. The summed E-state index contributed by atoms with van der Waals surface area (Å²) >= 11 is 0. The number of hydrogen-bond acceptors (Lipinski definition) is 2. The molecule has 0 saturated carbocycles. The summed E-state index contributed by atoms with van der Waals surface area (Å²) in [4.78, 5) is 0. The number of aromatic nitrogens is 2. The maximum Gasteiger partial charge on any atom is 0.123 e. The molecule has 1 aromatic carbocycles. The molecule has 0 spiro atoms. The van der Waals surface area contributed by atoms with E-state index >= 15 is 0 Å². The van der Waals surface area contributed by atoms with E-state index in [1.807, 2.05) is 30.1 Å². The summed E-state index contributed by atoms with van der Waals surface area (Å²) in [5, 5.41) is 7.78. The molecule has 0 amide bonds. The van der Waals surface area contributed by atoms with Crippen LogP contribution in [0.1, 0.15) is 24.5 Å². The van der Waals surface area contributed by atoms with Crippen LogP contribution in [0, 0.1) is 5.82 Å². The molecular weight excluding hydrogens is 241 g/mol. The van der Waals surface area contributed by atoms with Crippen molar-refractivity contribution in [3.63, 3.8) is 0 Å². The molecular formula is C15H18FN3. The van der Waals surface area contributed by atoms with E-state index in [0.29, 0.717) is 5.92 Å². The normalized spacial score (nSPS) is 16.7. The highest BCUT2D eigenvalue weighted by Crippen LogP contribution is 2.33. The predicted molar refractivity (Wildman–Crippen MR) is 73.4 cm³/mol. The fraction of sp³-hybridized carbons (Fsp3) is 0.400. The molecule has 2 aromatic rings. The maximum absolute atomic E-state index is 13.0. The topological polar surface area (TPSA) is 29.9 Å². The van der Waals surface area contributed by atoms with Gasteiger partial charge in [-0.1, -0.05) is 12.1 Å². The second kappa shape index (κ2) is 5.13. The molecule has 0 radical (unpaired) electrons. The van der Waals surface area contributed by atoms with Crippen LogP contribution in [0.15, 0.2) is 30.5 Å². The lowest BCUT2D eigenvalue weighted by Gasteiger charge is -2.24. The summed E-state index contributed by atoms with van der Waals surface area (Å²) in [5.41, 5.74) is 3.45. The second-order valence-corrected chi connectivity index (χ2v) is 5.10. The van der Waals surface area contributed by atoms with Crippen LogP contribution in [0.25, 0.3) is 11.1 Å². The summed E-state index contributed by atoms with van der Waals surface area (Å²) in [6.45, 7) is 2.11. The lowest BCUT2D eigenvalue weighted by atomic mass is 9.90. The van der Waals surface area contributed by atoms with E-state index < -0.39 is 0 Å². The third kappa shape index (κ3) is 2.40. The minimum absolute atomic E-state index is 0.198. The molecule has 0 aliphatic carbocycles. The SMILES string of the molecule is Cn1ncc(-c2ccc(F)cc2)c1C1CCNCC1. The Bertz CT molecular complexity index is 553. The molecule has 2 heterocycles. The largest absolute Gasteiger partial charge is 0.317 e. The third-order valence-electron chi connectivity index (χ3n) is 3.87. The first-order valence-electron chi connectivity index (χ1n) is 6.74. The number of rotatable bonds is 2. The number of benzene rings is 1. The highest BCUT2D eigenvalue weighted by molar-refractivity contribution is 5.66. The van der Waals surface area contributed by atoms with Gasteiger partial charge in [0.2, 0.25) is 0 Å². The summed E-state index contributed by atoms with van der Waals surface area (Å²) in [7, 11) is 1.99. The minimum Gasteiger partial charge on any atom is -0.317 e. The summed E-state index contributed by atoms with van der Waals surface area (Å²) in [6.07, 6.45) is 4.16. The quantitative estimate of drug-likeness (QED) is 0.898. The molecule has 100 valence electrons. The van der Waals surface area contributed by atoms with Crippen molar-refractivity contribution in [1.82, 2.24) is 15.1 Å². The van der Waals surface area contributed by atoms with E-state index in [0.717, 1.165) is 37.1 Å². The zero-order valence-electron chi connectivity index (χ0n) is 11.1. The van der Waals surface area contributed by atoms with Crippen molar-refractivity contribution in [2.75, 3.05) is 13.1 Å². The van der Waals surface area contributed by atoms with Gasteiger partial charge in [-0.3, -0.25) is 4.68 Å². The van der Waals surface area contributed by atoms with Gasteiger partial charge in [-0.15, -0.1) is 0 Å². The van der Waals surface area contributed by atoms with Gasteiger partial charge < -0.3 is 5.32 Å². The van der Waals surface area contributed by atoms with Crippen molar-refractivity contribution in [2.24, 2.45) is 7.05 Å². The molecule has 1 saturated heterocycles. The molecule has 3 rings (SSSR count). The molecule has 1 aromatic heterocycles. The Morgan fingerprint density at radius 1 is 1.21 bits per heavy atom. The zero-order chi connectivity index (χ0) is 13.2. The molecule has 1 aliphatic heterocycles. The van der Waals surface area contributed by atoms with E-state index in [-0.39, 0.29) is 5.82 Å². The van der Waals surface area contributed by atoms with Gasteiger partial charge in [-0.05, 0) is 43.6 Å². The van der Waals surface area contributed by atoms with E-state index in [1.165, 1.54) is 17.8 Å². The smallest absolute Gasteiger partial charge is 0.123 e. The van der Waals surface area contributed by atoms with Crippen LogP contribution in [0.2, 0.25) is 0 Å². The van der Waals surface area contributed by atoms with Gasteiger partial charge >= 0.3 is 0 Å². The molecule has 1 aliphatic rings. The van der Waals surface area contributed by atoms with Crippen molar-refractivity contribution in [2.45, 2.75) is 18.8 Å². The van der Waals surface area contributed by atoms with Crippen molar-refractivity contribution >= 4 is 0 Å². The number of halogens is 1. The van der Waals surface area contributed by atoms with Crippen LogP contribution in [0.4, 0.5) is 4.39 Å². The average molecular weight is 259 g/mol. The van der Waals surface area contributed by atoms with Crippen LogP contribution >= 0.6 is 0 Å². The predicted octanol–water partition coefficient (Wildman–Crippen LogP) is 2.69. The average Bonchev–Trinajstić information content (AvgIpc) is 2.82. The van der Waals surface area contributed by atoms with Crippen molar-refractivity contribution < 1.29 is 4.39 Å². The Morgan fingerprint density at radius 3 is 2.58 bits per heavy atom. The van der Waals surface area contributed by atoms with E-state index in [1.54, 1.807) is 0 Å². The lowest BCUT2D eigenvalue weighted by Crippen LogP contribution is -2.27. The third-order valence-corrected chi connectivity index (χ3v) is 3.87. The van der Waals surface area contributed by atoms with Crippen molar-refractivity contribution in [1.29, 1.82) is 0 Å². The molecule has 1 fully saturated rings. The molecule has 4 heteroatoms. The highest BCUT2D eigenvalue weighted by atomic mass is 19.1. The van der Waals surface area contributed by atoms with Gasteiger partial charge in [0.05, 0.1) is 6.20 Å². The Balaban J connectivity index is 1.99. The Labute approximate surface area is 112 Å². The Morgan fingerprint density at radius 2 is 1.89 bits per heavy atom. The van der Waals surface area contributed by atoms with Gasteiger partial charge in [0.25, 0.3) is 0 Å². The Kier molecular flexibility index (Phi) is 3.34. The molecule has 0 atom stereocenters. The molecule has 19 heavy (non-hydrogen) atoms. The van der Waals surface area contributed by atoms with Crippen LogP contribution in [0.5, 0.6) is 0 Å². The monoisotopic (exact) mass is 259 g/mol. The van der Waals surface area contributed by atoms with Crippen LogP contribution in [0.3, 0.4) is 0 Å². The Hall–Kier alpha value is -1.68. The number of hydrogen-bond donors (Lipinski definition) is 1. The summed E-state index contributed by atoms with van der Waals surface area (Å²) < 4.78 is 15.0. The first kappa shape index (κ1) is 12.4. The maximum atomic E-state index is 13.0. The fourth-order valence-electron chi connectivity index (χ4n) is 2.88. The first-order chi connectivity index (χ1) is 9.25. The van der Waals surface area contributed by atoms with Crippen LogP contribution in [-0.4, -0.2) is 22.9 Å². The fourth-order valence-corrected chi connectivity index (χ4v) is 2.88. The first-order valence-corrected chi connectivity index (χ1v) is 6.74. The van der Waals surface area contributed by atoms with Gasteiger partial charge in [0, 0.05) is 24.2 Å². The van der Waals surface area contributed by atoms with Crippen molar-refractivity contribution in [3.8, 4) is 11.1 Å². The van der Waals surface area contributed by atoms with Gasteiger partial charge in [0.1, 0.15) is 5.82 Å². The van der Waals surface area contributed by atoms with Gasteiger partial charge in [-0.2, -0.15) is 5.10 Å². The standard InChI is InChI=1S/C15H18FN3/c1-19-15(12-6-8-17-9-7-12)14(10-18-19)11-2-4-13(16)5-3-11/h2-5,10,12,17H,6-9H2,1H3. The van der Waals surface area contributed by atoms with Gasteiger partial charge in [-0.25, -0.2) is 4.39 Å². The lowest BCUT2D eigenvalue weighted by molar-refractivity contribution is 0.440. The number of nitrogens with one attached hydrogen (secondary N) is 1. The zero-order valence-corrected chi connectivity index (χ0v) is 11.1. The second-order valence-electron chi connectivity index (χ2n) is 5.10. The number of nitrogens with zero attached hydrogens (tertiary/aromatic N) is 2. The summed E-state index contributed by atoms with van der Waals surface area (Å²) in [6, 6.07) is 6.68. The van der Waals surface area contributed by atoms with E-state index in [2.05, 4.69) is 10.4 Å². The number of piperidine rings is 1. The molecule has 3 nitrogen and oxygen atoms in total. The molecule has 1 N–H and O–H groups in total. The van der Waals surface area contributed by atoms with Crippen LogP contribution < -0.4 is 5.32 Å². The van der Waals surface area contributed by atoms with E-state index in [9.17, 15) is 4.39 Å². The van der Waals surface area contributed by atoms with Crippen molar-refractivity contribution in [3.05, 3.63) is 42.0 Å². The summed E-state index contributed by atoms with van der Waals surface area (Å²) in [5.74, 6) is 0.338.